The number of nitrogens with zero attached hydrogens (tertiary/aromatic N) is 2. The van der Waals surface area contributed by atoms with E-state index >= 15 is 0 Å². The Labute approximate surface area is 113 Å². The Bertz CT molecular complexity index is 679. The molecule has 0 saturated carbocycles. The Balaban J connectivity index is 2.37. The van der Waals surface area contributed by atoms with Gasteiger partial charge in [-0.3, -0.25) is 14.6 Å². The summed E-state index contributed by atoms with van der Waals surface area (Å²) >= 11 is 5.75. The molecule has 0 spiro atoms. The topological polar surface area (TPSA) is 87.7 Å². The number of anilines is 1. The van der Waals surface area contributed by atoms with Crippen LogP contribution < -0.4 is 10.9 Å². The van der Waals surface area contributed by atoms with Gasteiger partial charge < -0.3 is 10.3 Å². The number of rotatable bonds is 2. The highest BCUT2D eigenvalue weighted by Gasteiger charge is 2.08. The second-order valence-electron chi connectivity index (χ2n) is 3.93. The highest BCUT2D eigenvalue weighted by molar-refractivity contribution is 6.30. The van der Waals surface area contributed by atoms with Gasteiger partial charge in [-0.05, 0) is 19.1 Å². The predicted molar refractivity (Wildman–Crippen MR) is 72.1 cm³/mol. The van der Waals surface area contributed by atoms with Crippen molar-refractivity contribution < 1.29 is 4.79 Å². The Morgan fingerprint density at radius 2 is 2.16 bits per heavy atom. The normalized spacial score (nSPS) is 10.3. The maximum Gasteiger partial charge on any atom is 0.270 e. The van der Waals surface area contributed by atoms with Gasteiger partial charge in [-0.25, -0.2) is 4.98 Å². The van der Waals surface area contributed by atoms with E-state index < -0.39 is 5.56 Å². The van der Waals surface area contributed by atoms with Crippen LogP contribution in [0.1, 0.15) is 12.6 Å². The van der Waals surface area contributed by atoms with E-state index in [9.17, 15) is 9.59 Å². The van der Waals surface area contributed by atoms with Crippen LogP contribution in [0.3, 0.4) is 0 Å². The standard InChI is InChI=1S/C12H11ClN4O2/c1-6-10(13)12(19)17-11(15-6)9-4-3-8(5-14-9)16-7(2)18/h3-5H,1-2H3,(H,16,18)(H,15,17,19). The molecule has 7 heteroatoms. The Morgan fingerprint density at radius 1 is 1.42 bits per heavy atom. The lowest BCUT2D eigenvalue weighted by Crippen LogP contribution is -2.12. The molecule has 0 atom stereocenters. The van der Waals surface area contributed by atoms with Crippen LogP contribution in [0.4, 0.5) is 5.69 Å². The van der Waals surface area contributed by atoms with Gasteiger partial charge in [0.2, 0.25) is 5.91 Å². The smallest absolute Gasteiger partial charge is 0.270 e. The third-order valence-corrected chi connectivity index (χ3v) is 2.80. The van der Waals surface area contributed by atoms with Crippen LogP contribution in [-0.4, -0.2) is 20.9 Å². The molecule has 98 valence electrons. The number of H-pyrrole nitrogens is 1. The lowest BCUT2D eigenvalue weighted by atomic mass is 10.3. The maximum atomic E-state index is 11.5. The van der Waals surface area contributed by atoms with Crippen molar-refractivity contribution >= 4 is 23.2 Å². The molecule has 2 rings (SSSR count). The van der Waals surface area contributed by atoms with Gasteiger partial charge in [0, 0.05) is 6.92 Å². The number of aromatic nitrogens is 3. The number of hydrogen-bond donors (Lipinski definition) is 2. The van der Waals surface area contributed by atoms with Crippen molar-refractivity contribution in [2.75, 3.05) is 5.32 Å². The van der Waals surface area contributed by atoms with Crippen LogP contribution in [0.2, 0.25) is 5.02 Å². The lowest BCUT2D eigenvalue weighted by Gasteiger charge is -2.04. The van der Waals surface area contributed by atoms with E-state index in [0.717, 1.165) is 0 Å². The molecule has 2 heterocycles. The summed E-state index contributed by atoms with van der Waals surface area (Å²) in [4.78, 5) is 33.2. The molecule has 2 aromatic heterocycles. The molecule has 0 unspecified atom stereocenters. The third-order valence-electron chi connectivity index (χ3n) is 2.35. The molecule has 0 aliphatic carbocycles. The number of carbonyl (C=O) groups is 1. The first-order valence-corrected chi connectivity index (χ1v) is 5.85. The first-order chi connectivity index (χ1) is 8.97. The fourth-order valence-electron chi connectivity index (χ4n) is 1.50. The zero-order chi connectivity index (χ0) is 14.0. The van der Waals surface area contributed by atoms with Crippen LogP contribution in [-0.2, 0) is 4.79 Å². The van der Waals surface area contributed by atoms with Gasteiger partial charge in [0.15, 0.2) is 5.82 Å². The summed E-state index contributed by atoms with van der Waals surface area (Å²) in [6, 6.07) is 3.32. The number of amides is 1. The van der Waals surface area contributed by atoms with Gasteiger partial charge in [-0.1, -0.05) is 11.6 Å². The SMILES string of the molecule is CC(=O)Nc1ccc(-c2nc(C)c(Cl)c(=O)[nH]2)nc1. The average molecular weight is 279 g/mol. The Morgan fingerprint density at radius 3 is 2.68 bits per heavy atom. The predicted octanol–water partition coefficient (Wildman–Crippen LogP) is 1.75. The molecule has 19 heavy (non-hydrogen) atoms. The van der Waals surface area contributed by atoms with Crippen LogP contribution in [0.5, 0.6) is 0 Å². The Hall–Kier alpha value is -2.21. The first-order valence-electron chi connectivity index (χ1n) is 5.48. The van der Waals surface area contributed by atoms with Crippen molar-refractivity contribution in [2.45, 2.75) is 13.8 Å². The molecule has 1 amide bonds. The van der Waals surface area contributed by atoms with Gasteiger partial charge in [0.1, 0.15) is 10.7 Å². The van der Waals surface area contributed by atoms with Crippen LogP contribution in [0, 0.1) is 6.92 Å². The van der Waals surface area contributed by atoms with Crippen molar-refractivity contribution in [3.63, 3.8) is 0 Å². The second kappa shape index (κ2) is 5.19. The maximum absolute atomic E-state index is 11.5. The summed E-state index contributed by atoms with van der Waals surface area (Å²) in [6.45, 7) is 3.06. The minimum atomic E-state index is -0.406. The van der Waals surface area contributed by atoms with E-state index in [0.29, 0.717) is 22.9 Å². The summed E-state index contributed by atoms with van der Waals surface area (Å²) in [5.41, 5.74) is 1.10. The highest BCUT2D eigenvalue weighted by Crippen LogP contribution is 2.15. The van der Waals surface area contributed by atoms with E-state index in [1.807, 2.05) is 0 Å². The minimum Gasteiger partial charge on any atom is -0.325 e. The molecule has 0 radical (unpaired) electrons. The number of nitrogens with one attached hydrogen (secondary N) is 2. The van der Waals surface area contributed by atoms with E-state index in [2.05, 4.69) is 20.3 Å². The second-order valence-corrected chi connectivity index (χ2v) is 4.31. The number of halogens is 1. The summed E-state index contributed by atoms with van der Waals surface area (Å²) in [5.74, 6) is 0.157. The van der Waals surface area contributed by atoms with Crippen molar-refractivity contribution in [2.24, 2.45) is 0 Å². The molecule has 0 bridgehead atoms. The van der Waals surface area contributed by atoms with Gasteiger partial charge in [-0.2, -0.15) is 0 Å². The van der Waals surface area contributed by atoms with Crippen LogP contribution in [0.15, 0.2) is 23.1 Å². The van der Waals surface area contributed by atoms with E-state index in [1.165, 1.54) is 13.1 Å². The number of carbonyl (C=O) groups excluding carboxylic acids is 1. The van der Waals surface area contributed by atoms with Crippen LogP contribution >= 0.6 is 11.6 Å². The summed E-state index contributed by atoms with van der Waals surface area (Å²) < 4.78 is 0. The van der Waals surface area contributed by atoms with Crippen molar-refractivity contribution in [3.05, 3.63) is 39.4 Å². The number of hydrogen-bond acceptors (Lipinski definition) is 4. The van der Waals surface area contributed by atoms with E-state index in [1.54, 1.807) is 19.1 Å². The quantitative estimate of drug-likeness (QED) is 0.876. The van der Waals surface area contributed by atoms with Crippen LogP contribution in [0.25, 0.3) is 11.5 Å². The monoisotopic (exact) mass is 278 g/mol. The summed E-state index contributed by atoms with van der Waals surface area (Å²) in [6.07, 6.45) is 1.49. The third kappa shape index (κ3) is 2.97. The molecule has 0 aliphatic rings. The number of aromatic amines is 1. The fraction of sp³-hybridized carbons (Fsp3) is 0.167. The number of aryl methyl sites for hydroxylation is 1. The molecule has 0 fully saturated rings. The van der Waals surface area contributed by atoms with Gasteiger partial charge >= 0.3 is 0 Å². The molecule has 6 nitrogen and oxygen atoms in total. The van der Waals surface area contributed by atoms with Gasteiger partial charge in [0.25, 0.3) is 5.56 Å². The lowest BCUT2D eigenvalue weighted by molar-refractivity contribution is -0.114. The van der Waals surface area contributed by atoms with Crippen molar-refractivity contribution in [3.8, 4) is 11.5 Å². The largest absolute Gasteiger partial charge is 0.325 e. The summed E-state index contributed by atoms with van der Waals surface area (Å²) in [5, 5.41) is 2.67. The highest BCUT2D eigenvalue weighted by atomic mass is 35.5. The molecular weight excluding hydrogens is 268 g/mol. The van der Waals surface area contributed by atoms with Gasteiger partial charge in [0.05, 0.1) is 17.6 Å². The van der Waals surface area contributed by atoms with Crippen molar-refractivity contribution in [1.29, 1.82) is 0 Å². The molecule has 2 aromatic rings. The average Bonchev–Trinajstić information content (AvgIpc) is 2.35. The molecule has 0 aromatic carbocycles. The molecule has 0 aliphatic heterocycles. The summed E-state index contributed by atoms with van der Waals surface area (Å²) in [7, 11) is 0. The first kappa shape index (κ1) is 13.2. The minimum absolute atomic E-state index is 0.0682. The Kier molecular flexibility index (Phi) is 3.62. The zero-order valence-electron chi connectivity index (χ0n) is 10.3. The molecular formula is C12H11ClN4O2. The van der Waals surface area contributed by atoms with E-state index in [-0.39, 0.29) is 10.9 Å². The van der Waals surface area contributed by atoms with Crippen molar-refractivity contribution in [1.82, 2.24) is 15.0 Å². The van der Waals surface area contributed by atoms with Gasteiger partial charge in [-0.15, -0.1) is 0 Å². The fourth-order valence-corrected chi connectivity index (χ4v) is 1.59. The molecule has 0 saturated heterocycles. The number of pyridine rings is 1. The molecule has 2 N–H and O–H groups in total. The zero-order valence-corrected chi connectivity index (χ0v) is 11.1. The van der Waals surface area contributed by atoms with E-state index in [4.69, 9.17) is 11.6 Å².